The molecular formula is C17H17F2N7OS. The summed E-state index contributed by atoms with van der Waals surface area (Å²) < 4.78 is 27.5. The number of fused-ring (bicyclic) bond motifs is 1. The van der Waals surface area contributed by atoms with Crippen LogP contribution in [0, 0.1) is 6.92 Å². The number of piperidine rings is 1. The van der Waals surface area contributed by atoms with Gasteiger partial charge in [-0.2, -0.15) is 0 Å². The van der Waals surface area contributed by atoms with Crippen LogP contribution in [-0.2, 0) is 0 Å². The topological polar surface area (TPSA) is 110 Å². The third-order valence-corrected chi connectivity index (χ3v) is 5.40. The average Bonchev–Trinajstić information content (AvgIpc) is 3.09. The first kappa shape index (κ1) is 18.6. The highest BCUT2D eigenvalue weighted by Crippen LogP contribution is 2.27. The van der Waals surface area contributed by atoms with Gasteiger partial charge in [0.25, 0.3) is 5.92 Å². The summed E-state index contributed by atoms with van der Waals surface area (Å²) in [6.07, 6.45) is 1.59. The first-order valence-corrected chi connectivity index (χ1v) is 9.40. The van der Waals surface area contributed by atoms with Crippen LogP contribution in [0.1, 0.15) is 11.4 Å². The van der Waals surface area contributed by atoms with Crippen LogP contribution in [-0.4, -0.2) is 56.2 Å². The molecule has 1 saturated heterocycles. The Kier molecular flexibility index (Phi) is 4.63. The fraction of sp³-hybridized carbons (Fsp3) is 0.353. The number of nitrogens with zero attached hydrogens (tertiary/aromatic N) is 5. The van der Waals surface area contributed by atoms with Gasteiger partial charge in [0.05, 0.1) is 18.1 Å². The van der Waals surface area contributed by atoms with Crippen molar-refractivity contribution in [1.29, 1.82) is 0 Å². The predicted molar refractivity (Wildman–Crippen MR) is 101 cm³/mol. The van der Waals surface area contributed by atoms with Crippen molar-refractivity contribution in [3.8, 4) is 10.6 Å². The SMILES string of the molecule is Cc1nnc(-c2ccc3cnc(NC(=O)N4CCC(N)C(F)(F)C4)nc3c2)s1. The number of aromatic nitrogens is 4. The van der Waals surface area contributed by atoms with Crippen molar-refractivity contribution in [3.63, 3.8) is 0 Å². The third kappa shape index (κ3) is 3.62. The van der Waals surface area contributed by atoms with E-state index in [2.05, 4.69) is 25.5 Å². The highest BCUT2D eigenvalue weighted by Gasteiger charge is 2.43. The van der Waals surface area contributed by atoms with Gasteiger partial charge < -0.3 is 10.6 Å². The molecule has 1 aromatic carbocycles. The van der Waals surface area contributed by atoms with E-state index in [0.29, 0.717) is 5.52 Å². The molecule has 2 aromatic heterocycles. The molecular weight excluding hydrogens is 388 g/mol. The zero-order valence-corrected chi connectivity index (χ0v) is 15.7. The largest absolute Gasteiger partial charge is 0.324 e. The van der Waals surface area contributed by atoms with Gasteiger partial charge in [0.1, 0.15) is 10.0 Å². The maximum absolute atomic E-state index is 13.8. The summed E-state index contributed by atoms with van der Waals surface area (Å²) in [6.45, 7) is 1.29. The summed E-state index contributed by atoms with van der Waals surface area (Å²) in [4.78, 5) is 21.8. The standard InChI is InChI=1S/C17H17F2N7OS/c1-9-24-25-14(28-9)10-2-3-11-7-21-15(22-12(11)6-10)23-16(27)26-5-4-13(20)17(18,19)8-26/h2-3,6-7,13H,4-5,8,20H2,1H3,(H,21,22,23,27). The number of rotatable bonds is 2. The zero-order valence-electron chi connectivity index (χ0n) is 14.9. The summed E-state index contributed by atoms with van der Waals surface area (Å²) >= 11 is 1.46. The highest BCUT2D eigenvalue weighted by molar-refractivity contribution is 7.14. The Balaban J connectivity index is 1.55. The van der Waals surface area contributed by atoms with Crippen LogP contribution in [0.3, 0.4) is 0 Å². The number of nitrogens with two attached hydrogens (primary N) is 1. The normalized spacial score (nSPS) is 19.0. The number of halogens is 2. The van der Waals surface area contributed by atoms with Crippen molar-refractivity contribution in [2.24, 2.45) is 5.73 Å². The molecule has 1 fully saturated rings. The monoisotopic (exact) mass is 405 g/mol. The maximum Gasteiger partial charge on any atom is 0.324 e. The fourth-order valence-corrected chi connectivity index (χ4v) is 3.62. The number of likely N-dealkylation sites (tertiary alicyclic amines) is 1. The third-order valence-electron chi connectivity index (χ3n) is 4.52. The second-order valence-corrected chi connectivity index (χ2v) is 7.78. The first-order chi connectivity index (χ1) is 13.3. The van der Waals surface area contributed by atoms with Crippen molar-refractivity contribution in [1.82, 2.24) is 25.1 Å². The van der Waals surface area contributed by atoms with Crippen LogP contribution in [0.5, 0.6) is 0 Å². The van der Waals surface area contributed by atoms with Crippen molar-refractivity contribution < 1.29 is 13.6 Å². The maximum atomic E-state index is 13.8. The van der Waals surface area contributed by atoms with E-state index in [-0.39, 0.29) is 18.9 Å². The van der Waals surface area contributed by atoms with Crippen molar-refractivity contribution in [2.75, 3.05) is 18.4 Å². The molecule has 0 radical (unpaired) electrons. The van der Waals surface area contributed by atoms with Crippen LogP contribution < -0.4 is 11.1 Å². The van der Waals surface area contributed by atoms with Crippen LogP contribution in [0.2, 0.25) is 0 Å². The average molecular weight is 405 g/mol. The predicted octanol–water partition coefficient (Wildman–Crippen LogP) is 2.66. The van der Waals surface area contributed by atoms with E-state index in [1.807, 2.05) is 25.1 Å². The molecule has 0 spiro atoms. The molecule has 1 unspecified atom stereocenters. The van der Waals surface area contributed by atoms with Crippen molar-refractivity contribution >= 4 is 34.2 Å². The highest BCUT2D eigenvalue weighted by atomic mass is 32.1. The molecule has 1 atom stereocenters. The molecule has 28 heavy (non-hydrogen) atoms. The number of hydrogen-bond acceptors (Lipinski definition) is 7. The fourth-order valence-electron chi connectivity index (χ4n) is 2.93. The molecule has 3 N–H and O–H groups in total. The molecule has 1 aliphatic rings. The van der Waals surface area contributed by atoms with Gasteiger partial charge in [-0.1, -0.05) is 23.5 Å². The molecule has 0 aliphatic carbocycles. The van der Waals surface area contributed by atoms with Gasteiger partial charge in [-0.15, -0.1) is 10.2 Å². The Hall–Kier alpha value is -2.79. The second-order valence-electron chi connectivity index (χ2n) is 6.60. The van der Waals surface area contributed by atoms with Crippen LogP contribution in [0.4, 0.5) is 19.5 Å². The number of nitrogens with one attached hydrogen (secondary N) is 1. The number of hydrogen-bond donors (Lipinski definition) is 2. The van der Waals surface area contributed by atoms with Crippen LogP contribution in [0.25, 0.3) is 21.5 Å². The van der Waals surface area contributed by atoms with Gasteiger partial charge in [0.15, 0.2) is 0 Å². The molecule has 2 amide bonds. The summed E-state index contributed by atoms with van der Waals surface area (Å²) in [5.41, 5.74) is 6.86. The van der Waals surface area contributed by atoms with Gasteiger partial charge in [0.2, 0.25) is 5.95 Å². The van der Waals surface area contributed by atoms with Gasteiger partial charge in [-0.05, 0) is 19.4 Å². The minimum Gasteiger partial charge on any atom is -0.323 e. The summed E-state index contributed by atoms with van der Waals surface area (Å²) in [5, 5.41) is 13.0. The number of aryl methyl sites for hydroxylation is 1. The lowest BCUT2D eigenvalue weighted by atomic mass is 10.0. The van der Waals surface area contributed by atoms with E-state index in [4.69, 9.17) is 5.73 Å². The first-order valence-electron chi connectivity index (χ1n) is 8.58. The number of amides is 2. The lowest BCUT2D eigenvalue weighted by Gasteiger charge is -2.36. The number of alkyl halides is 2. The van der Waals surface area contributed by atoms with Crippen LogP contribution in [0.15, 0.2) is 24.4 Å². The van der Waals surface area contributed by atoms with Gasteiger partial charge in [-0.3, -0.25) is 5.32 Å². The van der Waals surface area contributed by atoms with Crippen molar-refractivity contribution in [3.05, 3.63) is 29.4 Å². The number of benzene rings is 1. The summed E-state index contributed by atoms with van der Waals surface area (Å²) in [5.74, 6) is -3.07. The number of carbonyl (C=O) groups is 1. The Morgan fingerprint density at radius 3 is 2.93 bits per heavy atom. The molecule has 0 bridgehead atoms. The second kappa shape index (κ2) is 6.99. The summed E-state index contributed by atoms with van der Waals surface area (Å²) in [7, 11) is 0. The van der Waals surface area contributed by atoms with E-state index >= 15 is 0 Å². The molecule has 0 saturated carbocycles. The van der Waals surface area contributed by atoms with Crippen LogP contribution >= 0.6 is 11.3 Å². The van der Waals surface area contributed by atoms with Crippen molar-refractivity contribution in [2.45, 2.75) is 25.3 Å². The summed E-state index contributed by atoms with van der Waals surface area (Å²) in [6, 6.07) is 3.64. The Morgan fingerprint density at radius 1 is 1.39 bits per heavy atom. The number of anilines is 1. The number of urea groups is 1. The molecule has 3 aromatic rings. The van der Waals surface area contributed by atoms with Gasteiger partial charge in [0, 0.05) is 23.7 Å². The molecule has 4 rings (SSSR count). The molecule has 3 heterocycles. The molecule has 11 heteroatoms. The minimum absolute atomic E-state index is 0.0314. The van der Waals surface area contributed by atoms with E-state index in [9.17, 15) is 13.6 Å². The van der Waals surface area contributed by atoms with E-state index in [1.54, 1.807) is 6.20 Å². The minimum atomic E-state index is -3.12. The van der Waals surface area contributed by atoms with E-state index in [0.717, 1.165) is 25.9 Å². The quantitative estimate of drug-likeness (QED) is 0.678. The lowest BCUT2D eigenvalue weighted by molar-refractivity contribution is -0.0674. The Bertz CT molecular complexity index is 1040. The van der Waals surface area contributed by atoms with Gasteiger partial charge in [-0.25, -0.2) is 23.5 Å². The lowest BCUT2D eigenvalue weighted by Crippen LogP contribution is -2.57. The Labute approximate surface area is 162 Å². The number of carbonyl (C=O) groups excluding carboxylic acids is 1. The zero-order chi connectivity index (χ0) is 19.9. The molecule has 8 nitrogen and oxygen atoms in total. The molecule has 1 aliphatic heterocycles. The van der Waals surface area contributed by atoms with E-state index < -0.39 is 24.5 Å². The Morgan fingerprint density at radius 2 is 2.21 bits per heavy atom. The molecule has 146 valence electrons. The smallest absolute Gasteiger partial charge is 0.323 e. The van der Waals surface area contributed by atoms with E-state index in [1.165, 1.54) is 11.3 Å². The van der Waals surface area contributed by atoms with Gasteiger partial charge >= 0.3 is 6.03 Å².